The number of hydrogen-bond donors (Lipinski definition) is 3. The van der Waals surface area contributed by atoms with Gasteiger partial charge in [-0.2, -0.15) is 0 Å². The van der Waals surface area contributed by atoms with Gasteiger partial charge in [0.2, 0.25) is 5.91 Å². The lowest BCUT2D eigenvalue weighted by Crippen LogP contribution is -2.43. The molecule has 210 valence electrons. The Morgan fingerprint density at radius 1 is 0.846 bits per heavy atom. The SMILES string of the molecule is CC/C=C\C/C=C\C/C=C\C/C=C\C/C=C\C/C=C\CCC(=O)NCCC(NC(=O)c1cccnc1)C(=O)O. The van der Waals surface area contributed by atoms with Crippen molar-refractivity contribution in [3.63, 3.8) is 0 Å². The van der Waals surface area contributed by atoms with Crippen molar-refractivity contribution in [2.75, 3.05) is 6.54 Å². The van der Waals surface area contributed by atoms with Gasteiger partial charge in [0, 0.05) is 25.4 Å². The van der Waals surface area contributed by atoms with Crippen LogP contribution in [-0.2, 0) is 9.59 Å². The summed E-state index contributed by atoms with van der Waals surface area (Å²) < 4.78 is 0. The Kier molecular flexibility index (Phi) is 19.6. The van der Waals surface area contributed by atoms with E-state index in [9.17, 15) is 19.5 Å². The molecule has 0 aliphatic heterocycles. The molecule has 7 heteroatoms. The van der Waals surface area contributed by atoms with Crippen LogP contribution in [0.15, 0.2) is 97.4 Å². The van der Waals surface area contributed by atoms with Gasteiger partial charge in [-0.15, -0.1) is 0 Å². The molecule has 0 aliphatic rings. The van der Waals surface area contributed by atoms with E-state index < -0.39 is 17.9 Å². The summed E-state index contributed by atoms with van der Waals surface area (Å²) >= 11 is 0. The zero-order chi connectivity index (χ0) is 28.4. The van der Waals surface area contributed by atoms with Crippen LogP contribution in [0.25, 0.3) is 0 Å². The number of pyridine rings is 1. The average Bonchev–Trinajstić information content (AvgIpc) is 2.94. The number of allylic oxidation sites excluding steroid dienone is 12. The fourth-order valence-corrected chi connectivity index (χ4v) is 3.29. The quantitative estimate of drug-likeness (QED) is 0.172. The number of hydrogen-bond acceptors (Lipinski definition) is 4. The molecule has 7 nitrogen and oxygen atoms in total. The van der Waals surface area contributed by atoms with E-state index in [-0.39, 0.29) is 24.4 Å². The van der Waals surface area contributed by atoms with Gasteiger partial charge in [-0.05, 0) is 63.5 Å². The van der Waals surface area contributed by atoms with Crippen LogP contribution >= 0.6 is 0 Å². The number of nitrogens with zero attached hydrogens (tertiary/aromatic N) is 1. The van der Waals surface area contributed by atoms with Crippen LogP contribution in [0.2, 0.25) is 0 Å². The van der Waals surface area contributed by atoms with Crippen LogP contribution in [0.4, 0.5) is 0 Å². The highest BCUT2D eigenvalue weighted by Gasteiger charge is 2.20. The van der Waals surface area contributed by atoms with Crippen LogP contribution < -0.4 is 10.6 Å². The maximum Gasteiger partial charge on any atom is 0.326 e. The van der Waals surface area contributed by atoms with Gasteiger partial charge in [-0.25, -0.2) is 4.79 Å². The van der Waals surface area contributed by atoms with Gasteiger partial charge in [0.05, 0.1) is 5.56 Å². The third kappa shape index (κ3) is 18.8. The van der Waals surface area contributed by atoms with E-state index in [2.05, 4.69) is 83.3 Å². The molecule has 2 amide bonds. The van der Waals surface area contributed by atoms with E-state index in [1.807, 2.05) is 12.2 Å². The largest absolute Gasteiger partial charge is 0.480 e. The summed E-state index contributed by atoms with van der Waals surface area (Å²) in [5, 5.41) is 14.5. The number of rotatable bonds is 20. The highest BCUT2D eigenvalue weighted by Crippen LogP contribution is 2.01. The predicted molar refractivity (Wildman–Crippen MR) is 158 cm³/mol. The molecule has 0 fully saturated rings. The number of carbonyl (C=O) groups excluding carboxylic acids is 2. The van der Waals surface area contributed by atoms with Gasteiger partial charge < -0.3 is 15.7 Å². The van der Waals surface area contributed by atoms with E-state index in [4.69, 9.17) is 0 Å². The first-order chi connectivity index (χ1) is 19.0. The highest BCUT2D eigenvalue weighted by molar-refractivity contribution is 5.96. The number of carbonyl (C=O) groups is 3. The molecule has 1 aromatic heterocycles. The average molecular weight is 534 g/mol. The first-order valence-electron chi connectivity index (χ1n) is 13.6. The lowest BCUT2D eigenvalue weighted by Gasteiger charge is -2.14. The Morgan fingerprint density at radius 2 is 1.38 bits per heavy atom. The molecular weight excluding hydrogens is 490 g/mol. The standard InChI is InChI=1S/C32H43N3O4/c1-2-3-4-5-6-7-8-9-10-11-12-13-14-15-16-17-18-19-20-23-30(36)34-26-24-29(32(38)39)35-31(37)28-22-21-25-33-27-28/h3-4,6-7,9-10,12-13,15-16,18-19,21-22,25,27,29H,2,5,8,11,14,17,20,23-24,26H2,1H3,(H,34,36)(H,35,37)(H,38,39)/b4-3-,7-6-,10-9-,13-12-,16-15-,19-18-. The topological polar surface area (TPSA) is 108 Å². The van der Waals surface area contributed by atoms with Crippen LogP contribution in [0.1, 0.15) is 75.1 Å². The lowest BCUT2D eigenvalue weighted by atomic mass is 10.1. The second kappa shape index (κ2) is 23.1. The fraction of sp³-hybridized carbons (Fsp3) is 0.375. The summed E-state index contributed by atoms with van der Waals surface area (Å²) in [5.41, 5.74) is 0.282. The molecule has 0 bridgehead atoms. The first kappa shape index (κ1) is 33.0. The van der Waals surface area contributed by atoms with Crippen molar-refractivity contribution in [2.45, 2.75) is 70.8 Å². The zero-order valence-corrected chi connectivity index (χ0v) is 23.0. The summed E-state index contributed by atoms with van der Waals surface area (Å²) in [6.07, 6.45) is 35.3. The molecule has 39 heavy (non-hydrogen) atoms. The Bertz CT molecular complexity index is 1010. The number of amides is 2. The van der Waals surface area contributed by atoms with Crippen molar-refractivity contribution in [1.29, 1.82) is 0 Å². The second-order valence-corrected chi connectivity index (χ2v) is 8.70. The highest BCUT2D eigenvalue weighted by atomic mass is 16.4. The van der Waals surface area contributed by atoms with Gasteiger partial charge in [0.1, 0.15) is 6.04 Å². The predicted octanol–water partition coefficient (Wildman–Crippen LogP) is 6.25. The Balaban J connectivity index is 2.09. The van der Waals surface area contributed by atoms with Crippen molar-refractivity contribution in [1.82, 2.24) is 15.6 Å². The molecule has 0 spiro atoms. The van der Waals surface area contributed by atoms with Gasteiger partial charge in [0.15, 0.2) is 0 Å². The third-order valence-electron chi connectivity index (χ3n) is 5.42. The van der Waals surface area contributed by atoms with E-state index in [1.165, 1.54) is 12.4 Å². The van der Waals surface area contributed by atoms with E-state index in [0.717, 1.165) is 38.5 Å². The van der Waals surface area contributed by atoms with Crippen molar-refractivity contribution < 1.29 is 19.5 Å². The summed E-state index contributed by atoms with van der Waals surface area (Å²) in [6, 6.07) is 2.06. The molecule has 3 N–H and O–H groups in total. The maximum atomic E-state index is 12.1. The second-order valence-electron chi connectivity index (χ2n) is 8.70. The fourth-order valence-electron chi connectivity index (χ4n) is 3.29. The van der Waals surface area contributed by atoms with Crippen LogP contribution in [0.3, 0.4) is 0 Å². The normalized spacial score (nSPS) is 12.9. The van der Waals surface area contributed by atoms with Gasteiger partial charge >= 0.3 is 5.97 Å². The Hall–Kier alpha value is -4.00. The van der Waals surface area contributed by atoms with Gasteiger partial charge in [-0.3, -0.25) is 14.6 Å². The molecule has 1 unspecified atom stereocenters. The molecule has 0 aromatic carbocycles. The van der Waals surface area contributed by atoms with E-state index in [1.54, 1.807) is 12.1 Å². The first-order valence-corrected chi connectivity index (χ1v) is 13.6. The van der Waals surface area contributed by atoms with Crippen molar-refractivity contribution in [2.24, 2.45) is 0 Å². The molecule has 1 aromatic rings. The lowest BCUT2D eigenvalue weighted by molar-refractivity contribution is -0.139. The molecule has 0 saturated carbocycles. The maximum absolute atomic E-state index is 12.1. The van der Waals surface area contributed by atoms with Gasteiger partial charge in [0.25, 0.3) is 5.91 Å². The monoisotopic (exact) mass is 533 g/mol. The summed E-state index contributed by atoms with van der Waals surface area (Å²) in [5.74, 6) is -1.82. The van der Waals surface area contributed by atoms with Gasteiger partial charge in [-0.1, -0.05) is 79.8 Å². The molecular formula is C32H43N3O4. The molecule has 0 aliphatic carbocycles. The van der Waals surface area contributed by atoms with Crippen LogP contribution in [0.5, 0.6) is 0 Å². The Morgan fingerprint density at radius 3 is 1.87 bits per heavy atom. The van der Waals surface area contributed by atoms with Crippen molar-refractivity contribution in [3.05, 3.63) is 103 Å². The molecule has 0 saturated heterocycles. The van der Waals surface area contributed by atoms with E-state index >= 15 is 0 Å². The number of aromatic nitrogens is 1. The van der Waals surface area contributed by atoms with E-state index in [0.29, 0.717) is 12.8 Å². The minimum Gasteiger partial charge on any atom is -0.480 e. The summed E-state index contributed by atoms with van der Waals surface area (Å²) in [7, 11) is 0. The van der Waals surface area contributed by atoms with Crippen molar-refractivity contribution >= 4 is 17.8 Å². The summed E-state index contributed by atoms with van der Waals surface area (Å²) in [6.45, 7) is 2.30. The number of carboxylic acids is 1. The summed E-state index contributed by atoms with van der Waals surface area (Å²) in [4.78, 5) is 39.4. The van der Waals surface area contributed by atoms with Crippen molar-refractivity contribution in [3.8, 4) is 0 Å². The molecule has 0 radical (unpaired) electrons. The Labute approximate surface area is 233 Å². The number of aliphatic carboxylic acids is 1. The minimum atomic E-state index is -1.15. The smallest absolute Gasteiger partial charge is 0.326 e. The number of nitrogens with one attached hydrogen (secondary N) is 2. The van der Waals surface area contributed by atoms with Crippen LogP contribution in [0, 0.1) is 0 Å². The molecule has 1 atom stereocenters. The van der Waals surface area contributed by atoms with Crippen LogP contribution in [-0.4, -0.2) is 40.5 Å². The molecule has 1 heterocycles. The number of carboxylic acid groups (broad SMARTS) is 1. The zero-order valence-electron chi connectivity index (χ0n) is 23.0. The molecule has 1 rings (SSSR count). The third-order valence-corrected chi connectivity index (χ3v) is 5.42. The minimum absolute atomic E-state index is 0.0903.